The zero-order valence-corrected chi connectivity index (χ0v) is 18.8. The molecule has 5 rings (SSSR count). The Morgan fingerprint density at radius 1 is 1.06 bits per heavy atom. The van der Waals surface area contributed by atoms with E-state index in [1.165, 1.54) is 12.1 Å². The molecule has 0 saturated carbocycles. The molecule has 0 aliphatic carbocycles. The molecule has 2 aromatic heterocycles. The molecule has 8 heteroatoms. The average molecular weight is 467 g/mol. The molecule has 4 aromatic rings. The maximum Gasteiger partial charge on any atom is 0.416 e. The zero-order valence-electron chi connectivity index (χ0n) is 18.8. The number of imidazole rings is 1. The fourth-order valence-corrected chi connectivity index (χ4v) is 4.93. The number of aryl methyl sites for hydroxylation is 1. The van der Waals surface area contributed by atoms with Gasteiger partial charge in [0.15, 0.2) is 0 Å². The van der Waals surface area contributed by atoms with Crippen molar-refractivity contribution >= 4 is 16.8 Å². The minimum Gasteiger partial charge on any atom is -0.340 e. The number of para-hydroxylation sites is 1. The molecule has 5 nitrogen and oxygen atoms in total. The lowest BCUT2D eigenvalue weighted by molar-refractivity contribution is -0.138. The SMILES string of the molecule is Cn1c(C(=O)N2CCC(c3nccn3Cc3ccccc3C(F)(F)F)CC2)cc2ccccc21. The van der Waals surface area contributed by atoms with E-state index in [1.807, 2.05) is 46.8 Å². The van der Waals surface area contributed by atoms with Gasteiger partial charge in [-0.05, 0) is 36.6 Å². The molecule has 0 atom stereocenters. The Kier molecular flexibility index (Phi) is 5.67. The highest BCUT2D eigenvalue weighted by Crippen LogP contribution is 2.33. The van der Waals surface area contributed by atoms with Crippen molar-refractivity contribution in [2.45, 2.75) is 31.5 Å². The van der Waals surface area contributed by atoms with Crippen molar-refractivity contribution in [1.82, 2.24) is 19.0 Å². The normalized spacial score (nSPS) is 15.2. The molecule has 2 aromatic carbocycles. The number of hydrogen-bond acceptors (Lipinski definition) is 2. The van der Waals surface area contributed by atoms with Crippen LogP contribution in [0.5, 0.6) is 0 Å². The summed E-state index contributed by atoms with van der Waals surface area (Å²) in [5.74, 6) is 0.859. The number of piperidine rings is 1. The van der Waals surface area contributed by atoms with Crippen molar-refractivity contribution in [2.24, 2.45) is 7.05 Å². The van der Waals surface area contributed by atoms with Gasteiger partial charge in [0.05, 0.1) is 5.56 Å². The van der Waals surface area contributed by atoms with Crippen molar-refractivity contribution in [3.05, 3.63) is 89.6 Å². The fourth-order valence-electron chi connectivity index (χ4n) is 4.93. The molecule has 176 valence electrons. The maximum absolute atomic E-state index is 13.4. The Balaban J connectivity index is 1.30. The van der Waals surface area contributed by atoms with E-state index in [2.05, 4.69) is 4.98 Å². The first kappa shape index (κ1) is 22.3. The van der Waals surface area contributed by atoms with E-state index in [4.69, 9.17) is 0 Å². The van der Waals surface area contributed by atoms with Crippen LogP contribution in [-0.2, 0) is 19.8 Å². The molecule has 1 amide bonds. The number of halogens is 3. The molecule has 1 fully saturated rings. The molecule has 0 unspecified atom stereocenters. The zero-order chi connectivity index (χ0) is 23.9. The number of carbonyl (C=O) groups is 1. The number of nitrogens with zero attached hydrogens (tertiary/aromatic N) is 4. The minimum atomic E-state index is -4.40. The van der Waals surface area contributed by atoms with Gasteiger partial charge >= 0.3 is 6.18 Å². The summed E-state index contributed by atoms with van der Waals surface area (Å²) in [5, 5.41) is 1.03. The third kappa shape index (κ3) is 4.08. The highest BCUT2D eigenvalue weighted by molar-refractivity contribution is 5.98. The number of fused-ring (bicyclic) bond motifs is 1. The molecule has 0 spiro atoms. The van der Waals surface area contributed by atoms with Gasteiger partial charge in [-0.25, -0.2) is 4.98 Å². The van der Waals surface area contributed by atoms with Crippen molar-refractivity contribution < 1.29 is 18.0 Å². The number of rotatable bonds is 4. The Hall–Kier alpha value is -3.55. The molecule has 0 radical (unpaired) electrons. The molecule has 1 saturated heterocycles. The van der Waals surface area contributed by atoms with Gasteiger partial charge in [-0.2, -0.15) is 13.2 Å². The van der Waals surface area contributed by atoms with Crippen molar-refractivity contribution in [3.8, 4) is 0 Å². The molecule has 34 heavy (non-hydrogen) atoms. The number of hydrogen-bond donors (Lipinski definition) is 0. The van der Waals surface area contributed by atoms with Crippen molar-refractivity contribution in [1.29, 1.82) is 0 Å². The summed E-state index contributed by atoms with van der Waals surface area (Å²) in [4.78, 5) is 19.5. The summed E-state index contributed by atoms with van der Waals surface area (Å²) < 4.78 is 44.0. The molecule has 3 heterocycles. The summed E-state index contributed by atoms with van der Waals surface area (Å²) >= 11 is 0. The predicted octanol–water partition coefficient (Wildman–Crippen LogP) is 5.46. The van der Waals surface area contributed by atoms with E-state index in [0.29, 0.717) is 31.6 Å². The standard InChI is InChI=1S/C26H25F3N4O/c1-31-22-9-5-3-6-19(22)16-23(31)25(34)32-13-10-18(11-14-32)24-30-12-15-33(24)17-20-7-2-4-8-21(20)26(27,28)29/h2-9,12,15-16,18H,10-11,13-14,17H2,1H3. The van der Waals surface area contributed by atoms with Gasteiger partial charge in [-0.15, -0.1) is 0 Å². The number of likely N-dealkylation sites (tertiary alicyclic amines) is 1. The maximum atomic E-state index is 13.4. The smallest absolute Gasteiger partial charge is 0.340 e. The van der Waals surface area contributed by atoms with E-state index in [9.17, 15) is 18.0 Å². The van der Waals surface area contributed by atoms with E-state index in [1.54, 1.807) is 23.0 Å². The predicted molar refractivity (Wildman–Crippen MR) is 124 cm³/mol. The molecular weight excluding hydrogens is 441 g/mol. The van der Waals surface area contributed by atoms with Crippen LogP contribution in [0.3, 0.4) is 0 Å². The summed E-state index contributed by atoms with van der Waals surface area (Å²) in [6.07, 6.45) is 0.403. The van der Waals surface area contributed by atoms with Gasteiger partial charge in [0, 0.05) is 55.9 Å². The third-order valence-electron chi connectivity index (χ3n) is 6.73. The van der Waals surface area contributed by atoms with Gasteiger partial charge in [-0.1, -0.05) is 36.4 Å². The number of benzene rings is 2. The van der Waals surface area contributed by atoms with Crippen LogP contribution in [0.1, 0.15) is 46.2 Å². The van der Waals surface area contributed by atoms with Crippen LogP contribution in [0.4, 0.5) is 13.2 Å². The Morgan fingerprint density at radius 2 is 1.76 bits per heavy atom. The van der Waals surface area contributed by atoms with E-state index >= 15 is 0 Å². The first-order valence-corrected chi connectivity index (χ1v) is 11.3. The van der Waals surface area contributed by atoms with Crippen molar-refractivity contribution in [3.63, 3.8) is 0 Å². The summed E-state index contributed by atoms with van der Waals surface area (Å²) in [6.45, 7) is 1.27. The van der Waals surface area contributed by atoms with Crippen LogP contribution in [0.25, 0.3) is 10.9 Å². The van der Waals surface area contributed by atoms with Crippen LogP contribution < -0.4 is 0 Å². The van der Waals surface area contributed by atoms with Gasteiger partial charge in [0.25, 0.3) is 5.91 Å². The van der Waals surface area contributed by atoms with E-state index < -0.39 is 11.7 Å². The third-order valence-corrected chi connectivity index (χ3v) is 6.73. The van der Waals surface area contributed by atoms with Gasteiger partial charge < -0.3 is 14.0 Å². The second-order valence-electron chi connectivity index (χ2n) is 8.78. The monoisotopic (exact) mass is 466 g/mol. The molecule has 0 bridgehead atoms. The largest absolute Gasteiger partial charge is 0.416 e. The number of aromatic nitrogens is 3. The minimum absolute atomic E-state index is 0.000374. The first-order chi connectivity index (χ1) is 16.3. The van der Waals surface area contributed by atoms with E-state index in [-0.39, 0.29) is 23.9 Å². The van der Waals surface area contributed by atoms with Crippen LogP contribution in [0.2, 0.25) is 0 Å². The topological polar surface area (TPSA) is 43.1 Å². The lowest BCUT2D eigenvalue weighted by Gasteiger charge is -2.32. The Bertz CT molecular complexity index is 1330. The van der Waals surface area contributed by atoms with Crippen LogP contribution >= 0.6 is 0 Å². The lowest BCUT2D eigenvalue weighted by atomic mass is 9.95. The van der Waals surface area contributed by atoms with Crippen LogP contribution in [-0.4, -0.2) is 38.0 Å². The summed E-state index contributed by atoms with van der Waals surface area (Å²) in [7, 11) is 1.90. The lowest BCUT2D eigenvalue weighted by Crippen LogP contribution is -2.39. The molecule has 1 aliphatic rings. The first-order valence-electron chi connectivity index (χ1n) is 11.3. The average Bonchev–Trinajstić information content (AvgIpc) is 3.43. The van der Waals surface area contributed by atoms with Crippen LogP contribution in [0.15, 0.2) is 67.0 Å². The number of amides is 1. The molecular formula is C26H25F3N4O. The second kappa shape index (κ2) is 8.66. The summed E-state index contributed by atoms with van der Waals surface area (Å²) in [5.41, 5.74) is 1.27. The Morgan fingerprint density at radius 3 is 2.50 bits per heavy atom. The molecule has 1 aliphatic heterocycles. The summed E-state index contributed by atoms with van der Waals surface area (Å²) in [6, 6.07) is 15.5. The molecule has 0 N–H and O–H groups in total. The highest BCUT2D eigenvalue weighted by atomic mass is 19.4. The van der Waals surface area contributed by atoms with Gasteiger partial charge in [0.2, 0.25) is 0 Å². The van der Waals surface area contributed by atoms with Gasteiger partial charge in [-0.3, -0.25) is 4.79 Å². The van der Waals surface area contributed by atoms with Crippen LogP contribution in [0, 0.1) is 0 Å². The number of alkyl halides is 3. The van der Waals surface area contributed by atoms with Crippen molar-refractivity contribution in [2.75, 3.05) is 13.1 Å². The second-order valence-corrected chi connectivity index (χ2v) is 8.78. The highest BCUT2D eigenvalue weighted by Gasteiger charge is 2.33. The Labute approximate surface area is 195 Å². The quantitative estimate of drug-likeness (QED) is 0.401. The fraction of sp³-hybridized carbons (Fsp3) is 0.308. The van der Waals surface area contributed by atoms with E-state index in [0.717, 1.165) is 22.8 Å². The van der Waals surface area contributed by atoms with Gasteiger partial charge in [0.1, 0.15) is 11.5 Å². The number of carbonyl (C=O) groups excluding carboxylic acids is 1.